The van der Waals surface area contributed by atoms with Crippen LogP contribution in [0.15, 0.2) is 0 Å². The number of nitrogens with two attached hydrogens (primary N) is 1. The Morgan fingerprint density at radius 3 is 1.50 bits per heavy atom. The number of carboxylic acid groups (broad SMARTS) is 3. The molecule has 200 valence electrons. The maximum absolute atomic E-state index is 12.1. The molecule has 0 saturated heterocycles. The zero-order chi connectivity index (χ0) is 24.5. The van der Waals surface area contributed by atoms with Gasteiger partial charge in [-0.05, 0) is 13.0 Å². The van der Waals surface area contributed by atoms with Gasteiger partial charge in [-0.3, -0.25) is 38.7 Å². The maximum Gasteiger partial charge on any atom is 0.317 e. The van der Waals surface area contributed by atoms with E-state index in [1.807, 2.05) is 0 Å². The number of nitrogens with zero attached hydrogens (tertiary/aromatic N) is 3. The summed E-state index contributed by atoms with van der Waals surface area (Å²) in [6.45, 7) is -0.262. The topological polar surface area (TPSA) is 237 Å². The summed E-state index contributed by atoms with van der Waals surface area (Å²) >= 11 is 0. The van der Waals surface area contributed by atoms with Crippen LogP contribution in [-0.2, 0) is 24.0 Å². The van der Waals surface area contributed by atoms with E-state index in [2.05, 4.69) is 10.6 Å². The minimum atomic E-state index is -1.20. The highest BCUT2D eigenvalue weighted by molar-refractivity contribution is 5.85. The number of hydrogen-bond donors (Lipinski definition) is 6. The van der Waals surface area contributed by atoms with Gasteiger partial charge in [0, 0.05) is 39.8 Å². The van der Waals surface area contributed by atoms with Gasteiger partial charge in [-0.1, -0.05) is 0 Å². The fraction of sp³-hybridized carbons (Fsp3) is 0.722. The van der Waals surface area contributed by atoms with E-state index in [0.29, 0.717) is 19.5 Å². The second-order valence-corrected chi connectivity index (χ2v) is 7.04. The number of carbonyl (C=O) groups is 5. The third kappa shape index (κ3) is 20.1. The first-order valence-corrected chi connectivity index (χ1v) is 10.1. The molecule has 0 bridgehead atoms. The zero-order valence-electron chi connectivity index (χ0n) is 19.2. The molecule has 0 unspecified atom stereocenters. The van der Waals surface area contributed by atoms with Crippen LogP contribution in [0.4, 0.5) is 0 Å². The molecule has 0 atom stereocenters. The molecular weight excluding hydrogens is 480 g/mol. The van der Waals surface area contributed by atoms with Crippen LogP contribution in [0.2, 0.25) is 0 Å². The Hall–Kier alpha value is -2.56. The van der Waals surface area contributed by atoms with E-state index in [4.69, 9.17) is 21.1 Å². The fourth-order valence-corrected chi connectivity index (χ4v) is 2.71. The van der Waals surface area contributed by atoms with Gasteiger partial charge in [0.25, 0.3) is 0 Å². The molecule has 0 aromatic heterocycles. The van der Waals surface area contributed by atoms with Crippen molar-refractivity contribution in [1.82, 2.24) is 25.3 Å². The number of likely N-dealkylation sites (N-methyl/N-ethyl adjacent to an activating group) is 1. The highest BCUT2D eigenvalue weighted by Crippen LogP contribution is 1.97. The number of carbonyl (C=O) groups excluding carboxylic acids is 2. The summed E-state index contributed by atoms with van der Waals surface area (Å²) in [4.78, 5) is 61.1. The van der Waals surface area contributed by atoms with Crippen molar-refractivity contribution in [2.45, 2.75) is 6.42 Å². The van der Waals surface area contributed by atoms with Gasteiger partial charge in [0.1, 0.15) is 0 Å². The van der Waals surface area contributed by atoms with Crippen molar-refractivity contribution >= 4 is 42.1 Å². The summed E-state index contributed by atoms with van der Waals surface area (Å²) in [5.74, 6) is -4.15. The van der Waals surface area contributed by atoms with E-state index >= 15 is 0 Å². The maximum atomic E-state index is 12.1. The lowest BCUT2D eigenvalue weighted by molar-refractivity contribution is -0.143. The largest absolute Gasteiger partial charge is 0.480 e. The van der Waals surface area contributed by atoms with E-state index in [-0.39, 0.29) is 75.5 Å². The Kier molecular flexibility index (Phi) is 22.3. The quantitative estimate of drug-likeness (QED) is 0.0899. The first-order valence-electron chi connectivity index (χ1n) is 10.1. The summed E-state index contributed by atoms with van der Waals surface area (Å²) in [7, 11) is 1.46. The van der Waals surface area contributed by atoms with E-state index in [0.717, 1.165) is 0 Å². The number of carboxylic acids is 3. The molecule has 0 spiro atoms. The molecule has 0 rings (SSSR count). The molecule has 15 nitrogen and oxygen atoms in total. The molecule has 0 radical (unpaired) electrons. The number of aliphatic carboxylic acids is 3. The fourth-order valence-electron chi connectivity index (χ4n) is 2.71. The first-order chi connectivity index (χ1) is 15.1. The lowest BCUT2D eigenvalue weighted by Crippen LogP contribution is -2.47. The van der Waals surface area contributed by atoms with Crippen LogP contribution in [0.1, 0.15) is 6.42 Å². The summed E-state index contributed by atoms with van der Waals surface area (Å²) in [6.07, 6.45) is 0.608. The van der Waals surface area contributed by atoms with Crippen molar-refractivity contribution in [2.75, 3.05) is 79.0 Å². The predicted octanol–water partition coefficient (Wildman–Crippen LogP) is -4.05. The molecular formula is C18H37ClN6O9. The molecule has 0 saturated carbocycles. The van der Waals surface area contributed by atoms with E-state index in [1.54, 1.807) is 4.90 Å². The minimum Gasteiger partial charge on any atom is -0.480 e. The molecule has 0 heterocycles. The molecule has 2 amide bonds. The van der Waals surface area contributed by atoms with Gasteiger partial charge in [0.2, 0.25) is 11.8 Å². The predicted molar refractivity (Wildman–Crippen MR) is 124 cm³/mol. The number of amides is 2. The smallest absolute Gasteiger partial charge is 0.317 e. The summed E-state index contributed by atoms with van der Waals surface area (Å²) in [6, 6.07) is 0. The van der Waals surface area contributed by atoms with Crippen molar-refractivity contribution in [3.8, 4) is 0 Å². The number of halogens is 1. The van der Waals surface area contributed by atoms with Crippen LogP contribution in [0.3, 0.4) is 0 Å². The van der Waals surface area contributed by atoms with Crippen LogP contribution in [-0.4, -0.2) is 144 Å². The number of rotatable bonds is 19. The third-order valence-electron chi connectivity index (χ3n) is 4.26. The number of nitrogens with one attached hydrogen (secondary N) is 2. The Morgan fingerprint density at radius 1 is 0.706 bits per heavy atom. The van der Waals surface area contributed by atoms with Crippen molar-refractivity contribution in [1.29, 1.82) is 0 Å². The number of hydrogen-bond acceptors (Lipinski definition) is 9. The van der Waals surface area contributed by atoms with Crippen molar-refractivity contribution in [3.05, 3.63) is 0 Å². The second-order valence-electron chi connectivity index (χ2n) is 7.04. The monoisotopic (exact) mass is 516 g/mol. The van der Waals surface area contributed by atoms with Gasteiger partial charge in [-0.2, -0.15) is 0 Å². The van der Waals surface area contributed by atoms with Crippen molar-refractivity contribution in [3.63, 3.8) is 0 Å². The van der Waals surface area contributed by atoms with Gasteiger partial charge in [-0.15, -0.1) is 12.4 Å². The van der Waals surface area contributed by atoms with Gasteiger partial charge < -0.3 is 37.2 Å². The molecule has 34 heavy (non-hydrogen) atoms. The van der Waals surface area contributed by atoms with Gasteiger partial charge >= 0.3 is 17.9 Å². The molecule has 0 aromatic rings. The Morgan fingerprint density at radius 2 is 1.09 bits per heavy atom. The normalized spacial score (nSPS) is 10.4. The first kappa shape index (κ1) is 36.0. The van der Waals surface area contributed by atoms with Crippen molar-refractivity contribution in [2.24, 2.45) is 5.73 Å². The molecule has 0 aromatic carbocycles. The summed E-state index contributed by atoms with van der Waals surface area (Å²) in [5.41, 5.74) is 5.39. The van der Waals surface area contributed by atoms with Crippen molar-refractivity contribution < 1.29 is 44.8 Å². The van der Waals surface area contributed by atoms with Crippen LogP contribution < -0.4 is 16.4 Å². The highest BCUT2D eigenvalue weighted by atomic mass is 35.5. The lowest BCUT2D eigenvalue weighted by Gasteiger charge is -2.28. The van der Waals surface area contributed by atoms with E-state index in [1.165, 1.54) is 16.8 Å². The summed E-state index contributed by atoms with van der Waals surface area (Å²) in [5, 5.41) is 32.1. The van der Waals surface area contributed by atoms with Crippen LogP contribution in [0.25, 0.3) is 0 Å². The summed E-state index contributed by atoms with van der Waals surface area (Å²) < 4.78 is 0. The van der Waals surface area contributed by atoms with Crippen LogP contribution in [0, 0.1) is 0 Å². The van der Waals surface area contributed by atoms with Crippen LogP contribution >= 0.6 is 12.4 Å². The SMILES string of the molecule is CNC(=O)CN(CCN(CCN(CC(=O)O)CC(=O)O)CC(=O)O)CC(=O)NCCCN.Cl.O. The minimum absolute atomic E-state index is 0. The molecule has 9 N–H and O–H groups in total. The molecule has 16 heteroatoms. The lowest BCUT2D eigenvalue weighted by atomic mass is 10.3. The second kappa shape index (κ2) is 21.0. The Bertz CT molecular complexity index is 625. The standard InChI is InChI=1S/C18H34N6O8.ClH.H2O/c1-20-14(25)9-23(10-15(26)21-4-2-3-19)7-5-22(11-16(27)28)6-8-24(12-17(29)30)13-18(31)32;;/h2-13,19H2,1H3,(H,20,25)(H,21,26)(H,27,28)(H,29,30)(H,31,32);1H;1H2. The molecule has 0 aliphatic carbocycles. The zero-order valence-corrected chi connectivity index (χ0v) is 20.0. The van der Waals surface area contributed by atoms with Gasteiger partial charge in [0.05, 0.1) is 32.7 Å². The Labute approximate surface area is 203 Å². The molecule has 0 fully saturated rings. The van der Waals surface area contributed by atoms with Gasteiger partial charge in [0.15, 0.2) is 0 Å². The van der Waals surface area contributed by atoms with Gasteiger partial charge in [-0.25, -0.2) is 0 Å². The molecule has 0 aliphatic rings. The van der Waals surface area contributed by atoms with Crippen LogP contribution in [0.5, 0.6) is 0 Å². The Balaban J connectivity index is -0.00000480. The highest BCUT2D eigenvalue weighted by Gasteiger charge is 2.19. The molecule has 0 aliphatic heterocycles. The van der Waals surface area contributed by atoms with E-state index < -0.39 is 31.0 Å². The third-order valence-corrected chi connectivity index (χ3v) is 4.26. The average Bonchev–Trinajstić information content (AvgIpc) is 2.68. The average molecular weight is 517 g/mol. The van der Waals surface area contributed by atoms with E-state index in [9.17, 15) is 24.0 Å².